The minimum Gasteiger partial charge on any atom is -0.473 e. The predicted octanol–water partition coefficient (Wildman–Crippen LogP) is 6.89. The van der Waals surface area contributed by atoms with Crippen LogP contribution >= 0.6 is 0 Å². The van der Waals surface area contributed by atoms with Crippen molar-refractivity contribution in [2.24, 2.45) is 13.0 Å². The fourth-order valence-corrected chi connectivity index (χ4v) is 6.37. The van der Waals surface area contributed by atoms with Crippen molar-refractivity contribution in [3.8, 4) is 17.4 Å². The molecule has 0 atom stereocenters. The van der Waals surface area contributed by atoms with Gasteiger partial charge in [-0.3, -0.25) is 9.13 Å². The summed E-state index contributed by atoms with van der Waals surface area (Å²) < 4.78 is 26.4. The number of anilines is 1. The number of aryl methyl sites for hydroxylation is 1. The van der Waals surface area contributed by atoms with Gasteiger partial charge < -0.3 is 23.8 Å². The van der Waals surface area contributed by atoms with Crippen LogP contribution in [0.15, 0.2) is 95.8 Å². The summed E-state index contributed by atoms with van der Waals surface area (Å²) in [5, 5.41) is 0. The maximum atomic E-state index is 13.8. The van der Waals surface area contributed by atoms with Gasteiger partial charge >= 0.3 is 5.69 Å². The van der Waals surface area contributed by atoms with Gasteiger partial charge in [-0.05, 0) is 67.0 Å². The number of methoxy groups -OCH3 is 2. The molecule has 1 fully saturated rings. The summed E-state index contributed by atoms with van der Waals surface area (Å²) in [7, 11) is 5.21. The Labute approximate surface area is 276 Å². The van der Waals surface area contributed by atoms with Crippen LogP contribution in [0.25, 0.3) is 16.7 Å². The molecule has 0 unspecified atom stereocenters. The lowest BCUT2D eigenvalue weighted by atomic mass is 9.91. The van der Waals surface area contributed by atoms with Gasteiger partial charge in [0.15, 0.2) is 6.29 Å². The first-order valence-electron chi connectivity index (χ1n) is 16.4. The molecule has 1 aliphatic rings. The van der Waals surface area contributed by atoms with Crippen LogP contribution < -0.4 is 20.1 Å². The van der Waals surface area contributed by atoms with E-state index >= 15 is 0 Å². The van der Waals surface area contributed by atoms with Gasteiger partial charge in [-0.25, -0.2) is 4.79 Å². The zero-order valence-electron chi connectivity index (χ0n) is 27.5. The van der Waals surface area contributed by atoms with Gasteiger partial charge in [0.1, 0.15) is 18.9 Å². The van der Waals surface area contributed by atoms with E-state index in [-0.39, 0.29) is 12.0 Å². The third-order valence-electron chi connectivity index (χ3n) is 9.10. The lowest BCUT2D eigenvalue weighted by molar-refractivity contribution is -0.107. The molecule has 1 aliphatic heterocycles. The molecule has 5 aromatic rings. The molecule has 0 bridgehead atoms. The van der Waals surface area contributed by atoms with Crippen LogP contribution in [0.2, 0.25) is 0 Å². The van der Waals surface area contributed by atoms with Gasteiger partial charge in [0.05, 0.1) is 11.0 Å². The molecule has 246 valence electrons. The lowest BCUT2D eigenvalue weighted by Crippen LogP contribution is -2.33. The van der Waals surface area contributed by atoms with Gasteiger partial charge in [0.2, 0.25) is 11.8 Å². The van der Waals surface area contributed by atoms with Gasteiger partial charge in [-0.15, -0.1) is 0 Å². The largest absolute Gasteiger partial charge is 0.473 e. The molecule has 0 aliphatic carbocycles. The highest BCUT2D eigenvalue weighted by molar-refractivity contribution is 5.82. The van der Waals surface area contributed by atoms with E-state index < -0.39 is 0 Å². The number of imidazole rings is 1. The van der Waals surface area contributed by atoms with E-state index in [9.17, 15) is 4.79 Å². The SMILES string of the molecule is COC(CCCC1CCN(c2ccc3c(c2)n(C)c(=O)n3-c2ccc(OCc3ccccc3)nc2OCc2ccccc2)CC1)OC. The molecule has 9 heteroatoms. The summed E-state index contributed by atoms with van der Waals surface area (Å²) in [6, 6.07) is 29.8. The molecule has 9 nitrogen and oxygen atoms in total. The number of pyridine rings is 1. The second kappa shape index (κ2) is 15.3. The van der Waals surface area contributed by atoms with Gasteiger partial charge in [-0.2, -0.15) is 4.98 Å². The molecule has 3 heterocycles. The second-order valence-electron chi connectivity index (χ2n) is 12.1. The van der Waals surface area contributed by atoms with Crippen LogP contribution in [0.3, 0.4) is 0 Å². The zero-order valence-corrected chi connectivity index (χ0v) is 27.5. The Balaban J connectivity index is 1.23. The van der Waals surface area contributed by atoms with Crippen molar-refractivity contribution in [1.82, 2.24) is 14.1 Å². The molecular formula is C38H44N4O5. The highest BCUT2D eigenvalue weighted by atomic mass is 16.7. The minimum absolute atomic E-state index is 0.117. The fraction of sp³-hybridized carbons (Fsp3) is 0.368. The lowest BCUT2D eigenvalue weighted by Gasteiger charge is -2.34. The molecule has 0 amide bonds. The van der Waals surface area contributed by atoms with E-state index in [0.717, 1.165) is 66.6 Å². The molecule has 1 saturated heterocycles. The minimum atomic E-state index is -0.161. The Morgan fingerprint density at radius 3 is 2.13 bits per heavy atom. The van der Waals surface area contributed by atoms with Gasteiger partial charge in [-0.1, -0.05) is 67.1 Å². The molecule has 0 N–H and O–H groups in total. The number of hydrogen-bond donors (Lipinski definition) is 0. The van der Waals surface area contributed by atoms with Crippen LogP contribution in [0, 0.1) is 5.92 Å². The van der Waals surface area contributed by atoms with Crippen molar-refractivity contribution in [3.63, 3.8) is 0 Å². The quantitative estimate of drug-likeness (QED) is 0.123. The number of aromatic nitrogens is 3. The number of ether oxygens (including phenoxy) is 4. The maximum absolute atomic E-state index is 13.8. The Morgan fingerprint density at radius 1 is 0.809 bits per heavy atom. The first-order valence-corrected chi connectivity index (χ1v) is 16.4. The smallest absolute Gasteiger partial charge is 0.333 e. The number of rotatable bonds is 14. The maximum Gasteiger partial charge on any atom is 0.333 e. The van der Waals surface area contributed by atoms with Crippen LogP contribution in [0.4, 0.5) is 5.69 Å². The molecule has 0 saturated carbocycles. The molecular weight excluding hydrogens is 592 g/mol. The second-order valence-corrected chi connectivity index (χ2v) is 12.1. The Kier molecular flexibility index (Phi) is 10.5. The summed E-state index contributed by atoms with van der Waals surface area (Å²) in [5.74, 6) is 1.47. The van der Waals surface area contributed by atoms with Crippen LogP contribution in [-0.2, 0) is 29.7 Å². The molecule has 0 spiro atoms. The van der Waals surface area contributed by atoms with E-state index in [1.165, 1.54) is 6.42 Å². The molecule has 47 heavy (non-hydrogen) atoms. The average Bonchev–Trinajstić information content (AvgIpc) is 3.37. The van der Waals surface area contributed by atoms with Gasteiger partial charge in [0.25, 0.3) is 0 Å². The Morgan fingerprint density at radius 2 is 1.47 bits per heavy atom. The number of piperidine rings is 1. The van der Waals surface area contributed by atoms with Crippen molar-refractivity contribution in [2.75, 3.05) is 32.2 Å². The van der Waals surface area contributed by atoms with Crippen molar-refractivity contribution in [3.05, 3.63) is 113 Å². The fourth-order valence-electron chi connectivity index (χ4n) is 6.37. The summed E-state index contributed by atoms with van der Waals surface area (Å²) in [6.45, 7) is 2.67. The highest BCUT2D eigenvalue weighted by Gasteiger charge is 2.23. The normalized spacial score (nSPS) is 13.8. The summed E-state index contributed by atoms with van der Waals surface area (Å²) in [6.07, 6.45) is 5.39. The van der Waals surface area contributed by atoms with E-state index in [2.05, 4.69) is 17.0 Å². The number of nitrogens with zero attached hydrogens (tertiary/aromatic N) is 4. The van der Waals surface area contributed by atoms with Gasteiger partial charge in [0, 0.05) is 46.1 Å². The predicted molar refractivity (Wildman–Crippen MR) is 184 cm³/mol. The van der Waals surface area contributed by atoms with Crippen molar-refractivity contribution in [2.45, 2.75) is 51.6 Å². The topological polar surface area (TPSA) is 80.0 Å². The van der Waals surface area contributed by atoms with Crippen molar-refractivity contribution in [1.29, 1.82) is 0 Å². The zero-order chi connectivity index (χ0) is 32.6. The summed E-state index contributed by atoms with van der Waals surface area (Å²) in [4.78, 5) is 21.0. The average molecular weight is 637 g/mol. The third kappa shape index (κ3) is 7.69. The number of hydrogen-bond acceptors (Lipinski definition) is 7. The van der Waals surface area contributed by atoms with Crippen LogP contribution in [0.1, 0.15) is 43.2 Å². The first-order chi connectivity index (χ1) is 23.0. The summed E-state index contributed by atoms with van der Waals surface area (Å²) in [5.41, 5.74) is 5.24. The van der Waals surface area contributed by atoms with E-state index in [1.807, 2.05) is 79.8 Å². The molecule has 2 aromatic heterocycles. The third-order valence-corrected chi connectivity index (χ3v) is 9.10. The van der Waals surface area contributed by atoms with Crippen LogP contribution in [-0.4, -0.2) is 47.7 Å². The van der Waals surface area contributed by atoms with E-state index in [4.69, 9.17) is 23.9 Å². The Hall–Kier alpha value is -4.60. The standard InChI is InChI=1S/C38H44N4O5/c1-40-34-25-31(41-23-21-28(22-24-41)15-10-16-36(44-2)45-3)17-18-32(34)42(38(40)43)33-19-20-35(46-26-29-11-6-4-7-12-29)39-37(33)47-27-30-13-8-5-9-14-30/h4-9,11-14,17-20,25,28,36H,10,15-16,21-24,26-27H2,1-3H3. The van der Waals surface area contributed by atoms with E-state index in [1.54, 1.807) is 29.4 Å². The van der Waals surface area contributed by atoms with E-state index in [0.29, 0.717) is 36.6 Å². The van der Waals surface area contributed by atoms with Crippen molar-refractivity contribution < 1.29 is 18.9 Å². The number of fused-ring (bicyclic) bond motifs is 1. The molecule has 0 radical (unpaired) electrons. The van der Waals surface area contributed by atoms with Crippen LogP contribution in [0.5, 0.6) is 11.8 Å². The molecule has 6 rings (SSSR count). The number of benzene rings is 3. The molecule has 3 aromatic carbocycles. The first kappa shape index (κ1) is 32.3. The highest BCUT2D eigenvalue weighted by Crippen LogP contribution is 2.32. The van der Waals surface area contributed by atoms with Crippen molar-refractivity contribution >= 4 is 16.7 Å². The summed E-state index contributed by atoms with van der Waals surface area (Å²) >= 11 is 0. The Bertz CT molecular complexity index is 1790. The monoisotopic (exact) mass is 636 g/mol.